The molecule has 21 heavy (non-hydrogen) atoms. The summed E-state index contributed by atoms with van der Waals surface area (Å²) in [7, 11) is 0. The van der Waals surface area contributed by atoms with Gasteiger partial charge < -0.3 is 14.6 Å². The van der Waals surface area contributed by atoms with Crippen molar-refractivity contribution in [2.45, 2.75) is 32.0 Å². The Hall–Kier alpha value is -1.82. The van der Waals surface area contributed by atoms with Crippen molar-refractivity contribution in [3.05, 3.63) is 28.2 Å². The molecule has 1 amide bonds. The zero-order valence-electron chi connectivity index (χ0n) is 11.9. The van der Waals surface area contributed by atoms with Crippen LogP contribution in [-0.2, 0) is 6.54 Å². The molecule has 2 fully saturated rings. The number of aromatic hydroxyl groups is 1. The largest absolute Gasteiger partial charge is 0.503 e. The molecule has 3 aliphatic rings. The Labute approximate surface area is 122 Å². The number of fused-ring (bicyclic) bond motifs is 2. The van der Waals surface area contributed by atoms with Gasteiger partial charge in [0.1, 0.15) is 6.17 Å². The minimum atomic E-state index is -0.486. The summed E-state index contributed by atoms with van der Waals surface area (Å²) in [5.74, 6) is 0.145. The van der Waals surface area contributed by atoms with Crippen molar-refractivity contribution >= 4 is 5.91 Å². The molecule has 1 N–H and O–H groups in total. The highest BCUT2D eigenvalue weighted by molar-refractivity contribution is 5.96. The first-order chi connectivity index (χ1) is 10.1. The Morgan fingerprint density at radius 2 is 2.05 bits per heavy atom. The van der Waals surface area contributed by atoms with E-state index in [1.54, 1.807) is 10.8 Å². The van der Waals surface area contributed by atoms with Crippen LogP contribution in [0.2, 0.25) is 0 Å². The third-order valence-corrected chi connectivity index (χ3v) is 4.79. The fourth-order valence-corrected chi connectivity index (χ4v) is 3.49. The van der Waals surface area contributed by atoms with Crippen LogP contribution in [0.5, 0.6) is 5.75 Å². The van der Waals surface area contributed by atoms with Gasteiger partial charge in [0.2, 0.25) is 5.43 Å². The predicted octanol–water partition coefficient (Wildman–Crippen LogP) is 0.452. The van der Waals surface area contributed by atoms with E-state index in [1.165, 1.54) is 18.9 Å². The second kappa shape index (κ2) is 4.59. The minimum absolute atomic E-state index is 0.0567. The summed E-state index contributed by atoms with van der Waals surface area (Å²) in [6.07, 6.45) is 5.22. The van der Waals surface area contributed by atoms with E-state index in [4.69, 9.17) is 0 Å². The molecule has 0 bridgehead atoms. The molecule has 0 aromatic carbocycles. The maximum atomic E-state index is 12.7. The number of aromatic nitrogens is 1. The van der Waals surface area contributed by atoms with Crippen molar-refractivity contribution in [3.8, 4) is 5.75 Å². The maximum Gasteiger partial charge on any atom is 0.275 e. The Morgan fingerprint density at radius 1 is 1.24 bits per heavy atom. The van der Waals surface area contributed by atoms with E-state index in [1.807, 2.05) is 4.90 Å². The van der Waals surface area contributed by atoms with Crippen LogP contribution >= 0.6 is 0 Å². The fourth-order valence-electron chi connectivity index (χ4n) is 3.49. The maximum absolute atomic E-state index is 12.7. The summed E-state index contributed by atoms with van der Waals surface area (Å²) >= 11 is 0. The van der Waals surface area contributed by atoms with Gasteiger partial charge in [0.25, 0.3) is 5.91 Å². The van der Waals surface area contributed by atoms with Crippen LogP contribution in [0.3, 0.4) is 0 Å². The summed E-state index contributed by atoms with van der Waals surface area (Å²) in [6.45, 7) is 3.40. The van der Waals surface area contributed by atoms with E-state index in [-0.39, 0.29) is 17.8 Å². The van der Waals surface area contributed by atoms with Crippen LogP contribution in [0.1, 0.15) is 29.8 Å². The zero-order valence-corrected chi connectivity index (χ0v) is 11.9. The van der Waals surface area contributed by atoms with Gasteiger partial charge in [-0.2, -0.15) is 0 Å². The summed E-state index contributed by atoms with van der Waals surface area (Å²) in [6, 6.07) is 1.33. The molecule has 0 radical (unpaired) electrons. The van der Waals surface area contributed by atoms with Crippen molar-refractivity contribution in [1.82, 2.24) is 14.4 Å². The molecule has 1 saturated heterocycles. The highest BCUT2D eigenvalue weighted by atomic mass is 16.3. The molecule has 3 heterocycles. The monoisotopic (exact) mass is 289 g/mol. The molecule has 1 aromatic rings. The van der Waals surface area contributed by atoms with E-state index in [9.17, 15) is 14.7 Å². The third kappa shape index (κ3) is 2.05. The zero-order chi connectivity index (χ0) is 14.6. The number of hydrogen-bond donors (Lipinski definition) is 1. The number of hydrogen-bond acceptors (Lipinski definition) is 4. The number of amides is 1. The quantitative estimate of drug-likeness (QED) is 0.858. The molecule has 1 saturated carbocycles. The van der Waals surface area contributed by atoms with E-state index < -0.39 is 11.2 Å². The number of carbonyl (C=O) groups excluding carboxylic acids is 1. The molecule has 6 nitrogen and oxygen atoms in total. The predicted molar refractivity (Wildman–Crippen MR) is 76.1 cm³/mol. The highest BCUT2D eigenvalue weighted by Crippen LogP contribution is 2.33. The van der Waals surface area contributed by atoms with Crippen LogP contribution in [0.25, 0.3) is 0 Å². The molecular formula is C15H19N3O3. The summed E-state index contributed by atoms with van der Waals surface area (Å²) in [5.41, 5.74) is -0.341. The molecule has 4 rings (SSSR count). The van der Waals surface area contributed by atoms with Gasteiger partial charge in [-0.25, -0.2) is 0 Å². The SMILES string of the molecule is O=C1c2c(O)c(=O)ccn2CC2N(CC3CC3)CCCN12. The first-order valence-electron chi connectivity index (χ1n) is 7.62. The van der Waals surface area contributed by atoms with Crippen molar-refractivity contribution < 1.29 is 9.90 Å². The normalized spacial score (nSPS) is 25.6. The van der Waals surface area contributed by atoms with Gasteiger partial charge in [0, 0.05) is 31.9 Å². The lowest BCUT2D eigenvalue weighted by molar-refractivity contribution is -0.0119. The standard InChI is InChI=1S/C15H19N3O3/c19-11-4-7-17-9-12-16(8-10-2-3-10)5-1-6-18(12)15(21)13(17)14(11)20/h4,7,10,12,20H,1-3,5-6,8-9H2. The number of rotatable bonds is 2. The Kier molecular flexibility index (Phi) is 2.82. The lowest BCUT2D eigenvalue weighted by Crippen LogP contribution is -2.61. The van der Waals surface area contributed by atoms with E-state index >= 15 is 0 Å². The third-order valence-electron chi connectivity index (χ3n) is 4.79. The summed E-state index contributed by atoms with van der Waals surface area (Å²) in [5, 5.41) is 9.93. The van der Waals surface area contributed by atoms with Crippen molar-refractivity contribution in [1.29, 1.82) is 0 Å². The summed E-state index contributed by atoms with van der Waals surface area (Å²) < 4.78 is 1.73. The lowest BCUT2D eigenvalue weighted by Gasteiger charge is -2.47. The Balaban J connectivity index is 1.71. The van der Waals surface area contributed by atoms with Crippen LogP contribution in [0, 0.1) is 5.92 Å². The van der Waals surface area contributed by atoms with Gasteiger partial charge in [-0.15, -0.1) is 0 Å². The molecular weight excluding hydrogens is 270 g/mol. The number of carbonyl (C=O) groups is 1. The average molecular weight is 289 g/mol. The molecule has 1 unspecified atom stereocenters. The van der Waals surface area contributed by atoms with Crippen LogP contribution < -0.4 is 5.43 Å². The van der Waals surface area contributed by atoms with Crippen molar-refractivity contribution in [2.75, 3.05) is 19.6 Å². The number of pyridine rings is 1. The molecule has 1 aliphatic carbocycles. The topological polar surface area (TPSA) is 65.8 Å². The molecule has 6 heteroatoms. The van der Waals surface area contributed by atoms with Crippen LogP contribution in [0.4, 0.5) is 0 Å². The van der Waals surface area contributed by atoms with Gasteiger partial charge in [0.05, 0.1) is 6.54 Å². The summed E-state index contributed by atoms with van der Waals surface area (Å²) in [4.78, 5) is 28.4. The minimum Gasteiger partial charge on any atom is -0.503 e. The van der Waals surface area contributed by atoms with Crippen molar-refractivity contribution in [3.63, 3.8) is 0 Å². The van der Waals surface area contributed by atoms with Gasteiger partial charge in [-0.05, 0) is 25.2 Å². The molecule has 112 valence electrons. The molecule has 0 spiro atoms. The van der Waals surface area contributed by atoms with Gasteiger partial charge in [-0.3, -0.25) is 14.5 Å². The van der Waals surface area contributed by atoms with E-state index in [0.717, 1.165) is 25.4 Å². The Bertz CT molecular complexity index is 650. The fraction of sp³-hybridized carbons (Fsp3) is 0.600. The molecule has 1 atom stereocenters. The number of nitrogens with zero attached hydrogens (tertiary/aromatic N) is 3. The first-order valence-corrected chi connectivity index (χ1v) is 7.62. The van der Waals surface area contributed by atoms with Crippen LogP contribution in [-0.4, -0.2) is 51.2 Å². The van der Waals surface area contributed by atoms with E-state index in [2.05, 4.69) is 4.90 Å². The average Bonchev–Trinajstić information content (AvgIpc) is 3.28. The smallest absolute Gasteiger partial charge is 0.275 e. The van der Waals surface area contributed by atoms with Gasteiger partial charge in [0.15, 0.2) is 11.4 Å². The first kappa shape index (κ1) is 12.9. The second-order valence-electron chi connectivity index (χ2n) is 6.30. The van der Waals surface area contributed by atoms with Crippen molar-refractivity contribution in [2.24, 2.45) is 5.92 Å². The van der Waals surface area contributed by atoms with E-state index in [0.29, 0.717) is 13.1 Å². The lowest BCUT2D eigenvalue weighted by atomic mass is 10.1. The highest BCUT2D eigenvalue weighted by Gasteiger charge is 2.41. The van der Waals surface area contributed by atoms with Gasteiger partial charge >= 0.3 is 0 Å². The van der Waals surface area contributed by atoms with Gasteiger partial charge in [-0.1, -0.05) is 0 Å². The molecule has 1 aromatic heterocycles. The Morgan fingerprint density at radius 3 is 2.81 bits per heavy atom. The molecule has 2 aliphatic heterocycles. The van der Waals surface area contributed by atoms with Crippen LogP contribution in [0.15, 0.2) is 17.1 Å². The second-order valence-corrected chi connectivity index (χ2v) is 6.30.